The van der Waals surface area contributed by atoms with Crippen molar-refractivity contribution in [2.75, 3.05) is 6.61 Å². The molecular weight excluding hydrogens is 323 g/mol. The number of aliphatic hydroxyl groups is 1. The first-order valence-electron chi connectivity index (χ1n) is 6.58. The zero-order chi connectivity index (χ0) is 15.6. The van der Waals surface area contributed by atoms with Crippen LogP contribution < -0.4 is 10.2 Å². The monoisotopic (exact) mass is 344 g/mol. The molecule has 0 aliphatic heterocycles. The van der Waals surface area contributed by atoms with Crippen molar-refractivity contribution in [2.45, 2.75) is 45.8 Å². The van der Waals surface area contributed by atoms with Gasteiger partial charge in [-0.3, -0.25) is 0 Å². The van der Waals surface area contributed by atoms with Gasteiger partial charge < -0.3 is 19.5 Å². The van der Waals surface area contributed by atoms with E-state index < -0.39 is 18.3 Å². The van der Waals surface area contributed by atoms with Gasteiger partial charge in [-0.25, -0.2) is 0 Å². The van der Waals surface area contributed by atoms with E-state index in [9.17, 15) is 10.1 Å². The Labute approximate surface area is 129 Å². The second-order valence-electron chi connectivity index (χ2n) is 5.69. The van der Waals surface area contributed by atoms with Crippen LogP contribution in [0.15, 0.2) is 22.7 Å². The molecule has 0 bridgehead atoms. The molecule has 0 radical (unpaired) electrons. The number of rotatable bonds is 6. The SMILES string of the molecule is CCOc1cc(Br)cc(B(O)OC(C)(C)C(C)(C)O)c1. The minimum Gasteiger partial charge on any atom is -0.494 e. The van der Waals surface area contributed by atoms with Crippen LogP contribution in [0.5, 0.6) is 5.75 Å². The summed E-state index contributed by atoms with van der Waals surface area (Å²) >= 11 is 3.37. The largest absolute Gasteiger partial charge is 0.494 e. The quantitative estimate of drug-likeness (QED) is 0.776. The lowest BCUT2D eigenvalue weighted by Gasteiger charge is -2.38. The molecular formula is C14H22BBrO4. The molecule has 1 rings (SSSR count). The Morgan fingerprint density at radius 1 is 1.20 bits per heavy atom. The molecule has 0 aromatic heterocycles. The summed E-state index contributed by atoms with van der Waals surface area (Å²) < 4.78 is 11.8. The van der Waals surface area contributed by atoms with Crippen LogP contribution in [-0.4, -0.2) is 35.1 Å². The average Bonchev–Trinajstić information content (AvgIpc) is 2.26. The molecule has 0 aliphatic rings. The summed E-state index contributed by atoms with van der Waals surface area (Å²) in [6, 6.07) is 5.30. The maximum Gasteiger partial charge on any atom is 0.491 e. The standard InChI is InChI=1S/C14H22BBrO4/c1-6-19-12-8-10(7-11(16)9-12)15(18)20-14(4,5)13(2,3)17/h7-9,17-18H,6H2,1-5H3. The Bertz CT molecular complexity index is 457. The molecule has 0 saturated heterocycles. The third-order valence-corrected chi connectivity index (χ3v) is 3.83. The average molecular weight is 345 g/mol. The predicted molar refractivity (Wildman–Crippen MR) is 84.4 cm³/mol. The third-order valence-electron chi connectivity index (χ3n) is 3.37. The lowest BCUT2D eigenvalue weighted by molar-refractivity contribution is -0.0982. The molecule has 0 unspecified atom stereocenters. The van der Waals surface area contributed by atoms with E-state index in [1.54, 1.807) is 39.8 Å². The van der Waals surface area contributed by atoms with E-state index in [0.29, 0.717) is 17.8 Å². The Hall–Kier alpha value is -0.555. The van der Waals surface area contributed by atoms with Gasteiger partial charge >= 0.3 is 7.12 Å². The van der Waals surface area contributed by atoms with Gasteiger partial charge in [-0.15, -0.1) is 0 Å². The summed E-state index contributed by atoms with van der Waals surface area (Å²) in [5, 5.41) is 20.3. The maximum absolute atomic E-state index is 10.2. The summed E-state index contributed by atoms with van der Waals surface area (Å²) in [5.74, 6) is 0.653. The predicted octanol–water partition coefficient (Wildman–Crippen LogP) is 2.10. The molecule has 2 N–H and O–H groups in total. The van der Waals surface area contributed by atoms with E-state index in [1.807, 2.05) is 13.0 Å². The first kappa shape index (κ1) is 17.5. The van der Waals surface area contributed by atoms with E-state index in [-0.39, 0.29) is 0 Å². The van der Waals surface area contributed by atoms with Crippen LogP contribution in [0.25, 0.3) is 0 Å². The highest BCUT2D eigenvalue weighted by Gasteiger charge is 2.39. The summed E-state index contributed by atoms with van der Waals surface area (Å²) in [4.78, 5) is 0. The summed E-state index contributed by atoms with van der Waals surface area (Å²) in [7, 11) is -1.15. The maximum atomic E-state index is 10.2. The van der Waals surface area contributed by atoms with Gasteiger partial charge in [0.1, 0.15) is 5.75 Å². The number of hydrogen-bond donors (Lipinski definition) is 2. The normalized spacial score (nSPS) is 12.4. The van der Waals surface area contributed by atoms with E-state index >= 15 is 0 Å². The number of halogens is 1. The molecule has 0 spiro atoms. The first-order valence-corrected chi connectivity index (χ1v) is 7.37. The highest BCUT2D eigenvalue weighted by Crippen LogP contribution is 2.26. The van der Waals surface area contributed by atoms with Crippen molar-refractivity contribution in [3.63, 3.8) is 0 Å². The smallest absolute Gasteiger partial charge is 0.491 e. The van der Waals surface area contributed by atoms with E-state index in [0.717, 1.165) is 4.47 Å². The van der Waals surface area contributed by atoms with Gasteiger partial charge in [-0.1, -0.05) is 15.9 Å². The fourth-order valence-electron chi connectivity index (χ4n) is 1.47. The molecule has 0 aliphatic carbocycles. The zero-order valence-electron chi connectivity index (χ0n) is 12.6. The van der Waals surface area contributed by atoms with Gasteiger partial charge in [0.05, 0.1) is 17.8 Å². The molecule has 1 aromatic rings. The second kappa shape index (κ2) is 6.47. The van der Waals surface area contributed by atoms with E-state index in [4.69, 9.17) is 9.39 Å². The molecule has 1 aromatic carbocycles. The minimum atomic E-state index is -1.15. The number of benzene rings is 1. The van der Waals surface area contributed by atoms with Crippen molar-refractivity contribution in [1.29, 1.82) is 0 Å². The van der Waals surface area contributed by atoms with E-state index in [1.165, 1.54) is 0 Å². The molecule has 20 heavy (non-hydrogen) atoms. The van der Waals surface area contributed by atoms with Crippen LogP contribution in [0.1, 0.15) is 34.6 Å². The van der Waals surface area contributed by atoms with Crippen LogP contribution in [0.4, 0.5) is 0 Å². The summed E-state index contributed by atoms with van der Waals surface area (Å²) in [6.45, 7) is 9.20. The Kier molecular flexibility index (Phi) is 5.66. The fraction of sp³-hybridized carbons (Fsp3) is 0.571. The van der Waals surface area contributed by atoms with Gasteiger partial charge in [0, 0.05) is 4.47 Å². The van der Waals surface area contributed by atoms with Gasteiger partial charge in [0.15, 0.2) is 0 Å². The molecule has 0 atom stereocenters. The Morgan fingerprint density at radius 3 is 2.30 bits per heavy atom. The highest BCUT2D eigenvalue weighted by molar-refractivity contribution is 9.10. The van der Waals surface area contributed by atoms with Crippen LogP contribution in [0.2, 0.25) is 0 Å². The van der Waals surface area contributed by atoms with Crippen molar-refractivity contribution in [3.8, 4) is 5.75 Å². The van der Waals surface area contributed by atoms with E-state index in [2.05, 4.69) is 15.9 Å². The van der Waals surface area contributed by atoms with Crippen LogP contribution in [-0.2, 0) is 4.65 Å². The third kappa shape index (κ3) is 4.48. The Morgan fingerprint density at radius 2 is 1.80 bits per heavy atom. The van der Waals surface area contributed by atoms with Crippen LogP contribution in [0, 0.1) is 0 Å². The summed E-state index contributed by atoms with van der Waals surface area (Å²) in [5.41, 5.74) is -1.41. The number of hydrogen-bond acceptors (Lipinski definition) is 4. The van der Waals surface area contributed by atoms with Crippen molar-refractivity contribution in [2.24, 2.45) is 0 Å². The molecule has 0 amide bonds. The van der Waals surface area contributed by atoms with Gasteiger partial charge in [-0.2, -0.15) is 0 Å². The first-order chi connectivity index (χ1) is 9.06. The van der Waals surface area contributed by atoms with Crippen molar-refractivity contribution < 1.29 is 19.5 Å². The zero-order valence-corrected chi connectivity index (χ0v) is 14.2. The van der Waals surface area contributed by atoms with Crippen molar-refractivity contribution in [1.82, 2.24) is 0 Å². The summed E-state index contributed by atoms with van der Waals surface area (Å²) in [6.07, 6.45) is 0. The minimum absolute atomic E-state index is 0.544. The molecule has 112 valence electrons. The van der Waals surface area contributed by atoms with Gasteiger partial charge in [0.25, 0.3) is 0 Å². The fourth-order valence-corrected chi connectivity index (χ4v) is 1.96. The van der Waals surface area contributed by atoms with Crippen molar-refractivity contribution in [3.05, 3.63) is 22.7 Å². The molecule has 0 fully saturated rings. The molecule has 6 heteroatoms. The number of ether oxygens (including phenoxy) is 1. The lowest BCUT2D eigenvalue weighted by Crippen LogP contribution is -2.53. The van der Waals surface area contributed by atoms with Gasteiger partial charge in [-0.05, 0) is 58.3 Å². The van der Waals surface area contributed by atoms with Crippen LogP contribution in [0.3, 0.4) is 0 Å². The second-order valence-corrected chi connectivity index (χ2v) is 6.61. The molecule has 0 heterocycles. The lowest BCUT2D eigenvalue weighted by atomic mass is 9.76. The Balaban J connectivity index is 2.95. The molecule has 4 nitrogen and oxygen atoms in total. The van der Waals surface area contributed by atoms with Crippen molar-refractivity contribution >= 4 is 28.5 Å². The highest BCUT2D eigenvalue weighted by atomic mass is 79.9. The topological polar surface area (TPSA) is 58.9 Å². The van der Waals surface area contributed by atoms with Crippen LogP contribution >= 0.6 is 15.9 Å². The molecule has 0 saturated carbocycles. The van der Waals surface area contributed by atoms with Gasteiger partial charge in [0.2, 0.25) is 0 Å².